The first-order valence-corrected chi connectivity index (χ1v) is 18.1. The predicted molar refractivity (Wildman–Crippen MR) is 194 cm³/mol. The van der Waals surface area contributed by atoms with E-state index in [2.05, 4.69) is 4.98 Å². The van der Waals surface area contributed by atoms with Crippen molar-refractivity contribution in [2.45, 2.75) is 95.8 Å². The van der Waals surface area contributed by atoms with Crippen molar-refractivity contribution in [1.29, 1.82) is 0 Å². The molecule has 14 nitrogen and oxygen atoms in total. The highest BCUT2D eigenvalue weighted by atomic mass is 16.8. The number of carbonyl (C=O) groups is 3. The molecule has 3 heterocycles. The Morgan fingerprint density at radius 1 is 0.600 bits per heavy atom. The monoisotopic (exact) mass is 758 g/mol. The molecule has 55 heavy (non-hydrogen) atoms. The lowest BCUT2D eigenvalue weighted by Crippen LogP contribution is -2.63. The molecule has 0 amide bonds. The highest BCUT2D eigenvalue weighted by molar-refractivity contribution is 5.67. The second-order valence-corrected chi connectivity index (χ2v) is 13.2. The van der Waals surface area contributed by atoms with E-state index in [0.29, 0.717) is 0 Å². The maximum Gasteiger partial charge on any atom is 0.303 e. The molecular weight excluding hydrogens is 712 g/mol. The molecule has 0 radical (unpaired) electrons. The fourth-order valence-corrected chi connectivity index (χ4v) is 6.60. The van der Waals surface area contributed by atoms with Gasteiger partial charge in [0.15, 0.2) is 30.8 Å². The Morgan fingerprint density at radius 2 is 1.09 bits per heavy atom. The number of esters is 3. The van der Waals surface area contributed by atoms with Crippen LogP contribution in [0.1, 0.15) is 43.7 Å². The fraction of sp³-hybridized carbons (Fsp3) is 0.415. The fourth-order valence-electron chi connectivity index (χ4n) is 6.60. The van der Waals surface area contributed by atoms with Crippen LogP contribution in [0.4, 0.5) is 0 Å². The van der Waals surface area contributed by atoms with Gasteiger partial charge in [-0.25, -0.2) is 4.98 Å². The van der Waals surface area contributed by atoms with E-state index >= 15 is 0 Å². The van der Waals surface area contributed by atoms with E-state index in [0.717, 1.165) is 16.7 Å². The van der Waals surface area contributed by atoms with Crippen LogP contribution in [-0.2, 0) is 76.8 Å². The van der Waals surface area contributed by atoms with Gasteiger partial charge < -0.3 is 47.2 Å². The second-order valence-electron chi connectivity index (χ2n) is 13.2. The molecule has 0 N–H and O–H groups in total. The van der Waals surface area contributed by atoms with E-state index in [4.69, 9.17) is 42.6 Å². The molecule has 2 saturated heterocycles. The lowest BCUT2D eigenvalue weighted by atomic mass is 9.97. The number of carbonyl (C=O) groups excluding carboxylic acids is 3. The summed E-state index contributed by atoms with van der Waals surface area (Å²) in [7, 11) is 0. The Kier molecular flexibility index (Phi) is 14.1. The first kappa shape index (κ1) is 39.7. The minimum absolute atomic E-state index is 0.0395. The SMILES string of the molecule is CC(=O)O[C@@H]1[C@@H](OCc2ccccc2)[C@@H](O[C@H]2[C@@H](OC(C)=O)[C@H](n3ccnc3)O[C@@H]2COCc2ccccc2)O[C@H](COCc2ccccc2)[C@H]1OC(C)=O. The molecule has 4 aromatic rings. The highest BCUT2D eigenvalue weighted by Crippen LogP contribution is 2.38. The van der Waals surface area contributed by atoms with Gasteiger partial charge in [0.25, 0.3) is 0 Å². The molecule has 2 aliphatic rings. The number of aromatic nitrogens is 2. The topological polar surface area (TPSA) is 152 Å². The second kappa shape index (κ2) is 19.6. The molecule has 292 valence electrons. The predicted octanol–water partition coefficient (Wildman–Crippen LogP) is 4.70. The van der Waals surface area contributed by atoms with E-state index < -0.39 is 73.2 Å². The Bertz CT molecular complexity index is 1780. The summed E-state index contributed by atoms with van der Waals surface area (Å²) in [5, 5.41) is 0. The van der Waals surface area contributed by atoms with Gasteiger partial charge in [0.1, 0.15) is 24.4 Å². The van der Waals surface area contributed by atoms with Crippen LogP contribution in [-0.4, -0.2) is 89.7 Å². The van der Waals surface area contributed by atoms with Crippen LogP contribution >= 0.6 is 0 Å². The zero-order valence-corrected chi connectivity index (χ0v) is 30.9. The zero-order valence-electron chi connectivity index (χ0n) is 30.9. The summed E-state index contributed by atoms with van der Waals surface area (Å²) in [6.07, 6.45) is -4.65. The lowest BCUT2D eigenvalue weighted by Gasteiger charge is -2.45. The summed E-state index contributed by atoms with van der Waals surface area (Å²) in [4.78, 5) is 42.1. The van der Waals surface area contributed by atoms with Crippen molar-refractivity contribution in [2.24, 2.45) is 0 Å². The van der Waals surface area contributed by atoms with Crippen molar-refractivity contribution in [1.82, 2.24) is 9.55 Å². The first-order chi connectivity index (χ1) is 26.7. The third kappa shape index (κ3) is 11.1. The minimum atomic E-state index is -1.30. The van der Waals surface area contributed by atoms with Crippen molar-refractivity contribution < 1.29 is 57.0 Å². The number of hydrogen-bond donors (Lipinski definition) is 0. The molecule has 0 unspecified atom stereocenters. The van der Waals surface area contributed by atoms with Crippen molar-refractivity contribution >= 4 is 17.9 Å². The Balaban J connectivity index is 1.34. The van der Waals surface area contributed by atoms with Gasteiger partial charge in [-0.1, -0.05) is 91.0 Å². The van der Waals surface area contributed by atoms with Crippen molar-refractivity contribution in [2.75, 3.05) is 13.2 Å². The summed E-state index contributed by atoms with van der Waals surface area (Å²) in [6.45, 7) is 4.33. The summed E-state index contributed by atoms with van der Waals surface area (Å²) >= 11 is 0. The number of hydrogen-bond acceptors (Lipinski definition) is 13. The van der Waals surface area contributed by atoms with Gasteiger partial charge in [0, 0.05) is 33.2 Å². The van der Waals surface area contributed by atoms with E-state index in [1.54, 1.807) is 23.3 Å². The Hall–Kier alpha value is -4.96. The van der Waals surface area contributed by atoms with Crippen molar-refractivity contribution in [3.05, 3.63) is 126 Å². The smallest absolute Gasteiger partial charge is 0.303 e. The van der Waals surface area contributed by atoms with Gasteiger partial charge in [0.2, 0.25) is 0 Å². The van der Waals surface area contributed by atoms with E-state index in [1.807, 2.05) is 91.0 Å². The maximum atomic E-state index is 12.7. The summed E-state index contributed by atoms with van der Waals surface area (Å²) < 4.78 is 57.9. The average molecular weight is 759 g/mol. The molecule has 2 aliphatic heterocycles. The molecule has 9 atom stereocenters. The van der Waals surface area contributed by atoms with Crippen molar-refractivity contribution in [3.63, 3.8) is 0 Å². The third-order valence-electron chi connectivity index (χ3n) is 8.97. The Labute approximate surface area is 319 Å². The molecule has 0 aliphatic carbocycles. The van der Waals surface area contributed by atoms with E-state index in [-0.39, 0.29) is 33.0 Å². The Morgan fingerprint density at radius 3 is 1.60 bits per heavy atom. The summed E-state index contributed by atoms with van der Waals surface area (Å²) in [5.41, 5.74) is 2.67. The number of benzene rings is 3. The van der Waals surface area contributed by atoms with Crippen molar-refractivity contribution in [3.8, 4) is 0 Å². The summed E-state index contributed by atoms with van der Waals surface area (Å²) in [5.74, 6) is -1.84. The van der Waals surface area contributed by atoms with Crippen LogP contribution < -0.4 is 0 Å². The zero-order chi connectivity index (χ0) is 38.6. The van der Waals surface area contributed by atoms with Gasteiger partial charge in [0.05, 0.1) is 39.4 Å². The van der Waals surface area contributed by atoms with Crippen LogP contribution in [0.5, 0.6) is 0 Å². The number of imidazole rings is 1. The number of ether oxygens (including phenoxy) is 9. The van der Waals surface area contributed by atoms with Crippen LogP contribution in [0.15, 0.2) is 110 Å². The number of nitrogens with zero attached hydrogens (tertiary/aromatic N) is 2. The third-order valence-corrected chi connectivity index (χ3v) is 8.97. The van der Waals surface area contributed by atoms with Crippen LogP contribution in [0.3, 0.4) is 0 Å². The molecular formula is C41H46N2O12. The normalized spacial score (nSPS) is 26.3. The molecule has 0 saturated carbocycles. The minimum Gasteiger partial charge on any atom is -0.456 e. The van der Waals surface area contributed by atoms with Crippen LogP contribution in [0.25, 0.3) is 0 Å². The molecule has 3 aromatic carbocycles. The standard InChI is InChI=1S/C41H46N2O12/c1-27(44)50-35-34(25-48-22-31-15-9-5-10-16-31)54-41(39(37(35)51-28(2)45)49-23-32-17-11-6-12-18-32)55-36-33(24-47-21-30-13-7-4-8-14-30)53-40(38(36)52-29(3)46)43-20-19-42-26-43/h4-20,26,33-41H,21-25H2,1-3H3/t33-,34-,35-,36-,37+,38-,39-,40-,41-/m1/s1. The number of rotatable bonds is 17. The molecule has 14 heteroatoms. The van der Waals surface area contributed by atoms with Gasteiger partial charge in [-0.05, 0) is 16.7 Å². The molecule has 0 bridgehead atoms. The molecule has 1 aromatic heterocycles. The molecule has 2 fully saturated rings. The molecule has 0 spiro atoms. The molecule has 6 rings (SSSR count). The van der Waals surface area contributed by atoms with Crippen LogP contribution in [0.2, 0.25) is 0 Å². The van der Waals surface area contributed by atoms with E-state index in [9.17, 15) is 14.4 Å². The highest BCUT2D eigenvalue weighted by Gasteiger charge is 2.56. The summed E-state index contributed by atoms with van der Waals surface area (Å²) in [6, 6.07) is 28.5. The van der Waals surface area contributed by atoms with Gasteiger partial charge in [-0.15, -0.1) is 0 Å². The maximum absolute atomic E-state index is 12.7. The van der Waals surface area contributed by atoms with Gasteiger partial charge in [-0.2, -0.15) is 0 Å². The van der Waals surface area contributed by atoms with Gasteiger partial charge >= 0.3 is 17.9 Å². The largest absolute Gasteiger partial charge is 0.456 e. The van der Waals surface area contributed by atoms with Crippen LogP contribution in [0, 0.1) is 0 Å². The van der Waals surface area contributed by atoms with E-state index in [1.165, 1.54) is 20.8 Å². The quantitative estimate of drug-likeness (QED) is 0.108. The lowest BCUT2D eigenvalue weighted by molar-refractivity contribution is -0.331. The first-order valence-electron chi connectivity index (χ1n) is 18.1. The van der Waals surface area contributed by atoms with Gasteiger partial charge in [-0.3, -0.25) is 14.4 Å². The average Bonchev–Trinajstić information content (AvgIpc) is 3.82.